The fraction of sp³-hybridized carbons (Fsp3) is 0.714. The molecule has 0 fully saturated rings. The third-order valence-electron chi connectivity index (χ3n) is 1.64. The summed E-state index contributed by atoms with van der Waals surface area (Å²) >= 11 is 0. The van der Waals surface area contributed by atoms with Crippen molar-refractivity contribution in [2.75, 3.05) is 12.4 Å². The van der Waals surface area contributed by atoms with Crippen LogP contribution in [0.5, 0.6) is 0 Å². The summed E-state index contributed by atoms with van der Waals surface area (Å²) < 4.78 is 13.5. The van der Waals surface area contributed by atoms with Crippen LogP contribution < -0.4 is 5.73 Å². The molecule has 2 N–H and O–H groups in total. The van der Waals surface area contributed by atoms with Crippen LogP contribution in [0, 0.1) is 0 Å². The Kier molecular flexibility index (Phi) is 2.62. The van der Waals surface area contributed by atoms with Gasteiger partial charge in [-0.05, 0) is 5.92 Å². The van der Waals surface area contributed by atoms with Gasteiger partial charge in [0, 0.05) is 0 Å². The molecule has 0 amide bonds. The summed E-state index contributed by atoms with van der Waals surface area (Å²) in [6.45, 7) is 3.74. The normalized spacial score (nSPS) is 11.0. The number of anilines is 1. The maximum absolute atomic E-state index is 12.0. The lowest BCUT2D eigenvalue weighted by molar-refractivity contribution is 0.412. The van der Waals surface area contributed by atoms with Crippen molar-refractivity contribution in [2.45, 2.75) is 26.3 Å². The molecule has 1 rings (SSSR count). The van der Waals surface area contributed by atoms with Crippen LogP contribution in [0.25, 0.3) is 0 Å². The van der Waals surface area contributed by atoms with Crippen molar-refractivity contribution in [3.63, 3.8) is 0 Å². The highest BCUT2D eigenvalue weighted by molar-refractivity contribution is 5.34. The van der Waals surface area contributed by atoms with Crippen LogP contribution in [-0.4, -0.2) is 21.7 Å². The van der Waals surface area contributed by atoms with Crippen molar-refractivity contribution in [3.05, 3.63) is 5.69 Å². The van der Waals surface area contributed by atoms with E-state index in [1.807, 2.05) is 13.8 Å². The van der Waals surface area contributed by atoms with E-state index in [4.69, 9.17) is 5.73 Å². The standard InChI is InChI=1S/C7H13FN4/c1-5(2)6-7(9)10-11-12(6)4-3-8/h5H,3-4,9H2,1-2H3. The van der Waals surface area contributed by atoms with E-state index in [1.54, 1.807) is 0 Å². The first-order valence-electron chi connectivity index (χ1n) is 3.91. The SMILES string of the molecule is CC(C)c1c(N)nnn1CCF. The van der Waals surface area contributed by atoms with E-state index >= 15 is 0 Å². The molecule has 0 aliphatic rings. The van der Waals surface area contributed by atoms with Gasteiger partial charge in [-0.2, -0.15) is 0 Å². The van der Waals surface area contributed by atoms with E-state index in [2.05, 4.69) is 10.3 Å². The summed E-state index contributed by atoms with van der Waals surface area (Å²) in [6.07, 6.45) is 0. The highest BCUT2D eigenvalue weighted by atomic mass is 19.1. The molecule has 1 aromatic heterocycles. The van der Waals surface area contributed by atoms with Gasteiger partial charge in [0.25, 0.3) is 0 Å². The van der Waals surface area contributed by atoms with E-state index in [9.17, 15) is 4.39 Å². The van der Waals surface area contributed by atoms with Gasteiger partial charge in [-0.1, -0.05) is 19.1 Å². The number of hydrogen-bond acceptors (Lipinski definition) is 3. The minimum absolute atomic E-state index is 0.228. The molecule has 1 aromatic rings. The molecule has 0 spiro atoms. The van der Waals surface area contributed by atoms with Crippen molar-refractivity contribution in [1.29, 1.82) is 0 Å². The first kappa shape index (κ1) is 8.96. The van der Waals surface area contributed by atoms with Crippen molar-refractivity contribution >= 4 is 5.82 Å². The Balaban J connectivity index is 2.95. The predicted octanol–water partition coefficient (Wildman–Crippen LogP) is 0.953. The second kappa shape index (κ2) is 3.51. The molecular weight excluding hydrogens is 159 g/mol. The van der Waals surface area contributed by atoms with Gasteiger partial charge in [0.05, 0.1) is 12.2 Å². The summed E-state index contributed by atoms with van der Waals surface area (Å²) in [4.78, 5) is 0. The largest absolute Gasteiger partial charge is 0.381 e. The molecular formula is C7H13FN4. The van der Waals surface area contributed by atoms with Crippen molar-refractivity contribution in [3.8, 4) is 0 Å². The Hall–Kier alpha value is -1.13. The fourth-order valence-electron chi connectivity index (χ4n) is 1.17. The number of nitrogen functional groups attached to an aromatic ring is 1. The maximum atomic E-state index is 12.0. The smallest absolute Gasteiger partial charge is 0.169 e. The average molecular weight is 172 g/mol. The number of nitrogens with zero attached hydrogens (tertiary/aromatic N) is 3. The zero-order chi connectivity index (χ0) is 9.14. The van der Waals surface area contributed by atoms with Crippen LogP contribution in [0.1, 0.15) is 25.5 Å². The van der Waals surface area contributed by atoms with Gasteiger partial charge in [0.15, 0.2) is 5.82 Å². The highest BCUT2D eigenvalue weighted by Gasteiger charge is 2.12. The van der Waals surface area contributed by atoms with Crippen molar-refractivity contribution < 1.29 is 4.39 Å². The topological polar surface area (TPSA) is 56.7 Å². The number of alkyl halides is 1. The molecule has 0 aromatic carbocycles. The predicted molar refractivity (Wildman–Crippen MR) is 44.5 cm³/mol. The Morgan fingerprint density at radius 2 is 2.25 bits per heavy atom. The maximum Gasteiger partial charge on any atom is 0.169 e. The van der Waals surface area contributed by atoms with E-state index in [0.29, 0.717) is 5.82 Å². The third kappa shape index (κ3) is 1.54. The number of hydrogen-bond donors (Lipinski definition) is 1. The zero-order valence-corrected chi connectivity index (χ0v) is 7.29. The van der Waals surface area contributed by atoms with Gasteiger partial charge in [-0.25, -0.2) is 9.07 Å². The lowest BCUT2D eigenvalue weighted by Crippen LogP contribution is -2.08. The lowest BCUT2D eigenvalue weighted by atomic mass is 10.1. The summed E-state index contributed by atoms with van der Waals surface area (Å²) in [5.41, 5.74) is 6.37. The van der Waals surface area contributed by atoms with Crippen LogP contribution in [0.2, 0.25) is 0 Å². The number of halogens is 1. The molecule has 0 unspecified atom stereocenters. The van der Waals surface area contributed by atoms with Crippen LogP contribution in [0.4, 0.5) is 10.2 Å². The second-order valence-electron chi connectivity index (χ2n) is 2.93. The number of nitrogens with two attached hydrogens (primary N) is 1. The van der Waals surface area contributed by atoms with Crippen molar-refractivity contribution in [1.82, 2.24) is 15.0 Å². The van der Waals surface area contributed by atoms with Crippen LogP contribution in [0.15, 0.2) is 0 Å². The quantitative estimate of drug-likeness (QED) is 0.738. The highest BCUT2D eigenvalue weighted by Crippen LogP contribution is 2.18. The minimum atomic E-state index is -0.442. The summed E-state index contributed by atoms with van der Waals surface area (Å²) in [6, 6.07) is 0. The monoisotopic (exact) mass is 172 g/mol. The first-order valence-corrected chi connectivity index (χ1v) is 3.91. The van der Waals surface area contributed by atoms with Gasteiger partial charge >= 0.3 is 0 Å². The van der Waals surface area contributed by atoms with Crippen LogP contribution in [-0.2, 0) is 6.54 Å². The molecule has 0 atom stereocenters. The molecule has 5 heteroatoms. The zero-order valence-electron chi connectivity index (χ0n) is 7.29. The van der Waals surface area contributed by atoms with Crippen LogP contribution in [0.3, 0.4) is 0 Å². The van der Waals surface area contributed by atoms with Crippen molar-refractivity contribution in [2.24, 2.45) is 0 Å². The van der Waals surface area contributed by atoms with Gasteiger partial charge in [-0.15, -0.1) is 5.10 Å². The molecule has 0 saturated carbocycles. The molecule has 0 bridgehead atoms. The van der Waals surface area contributed by atoms with Gasteiger partial charge in [0.1, 0.15) is 6.67 Å². The minimum Gasteiger partial charge on any atom is -0.381 e. The molecule has 0 saturated heterocycles. The molecule has 4 nitrogen and oxygen atoms in total. The Bertz CT molecular complexity index is 256. The number of aromatic nitrogens is 3. The fourth-order valence-corrected chi connectivity index (χ4v) is 1.17. The number of aryl methyl sites for hydroxylation is 1. The lowest BCUT2D eigenvalue weighted by Gasteiger charge is -2.06. The molecule has 68 valence electrons. The summed E-state index contributed by atoms with van der Waals surface area (Å²) in [5, 5.41) is 7.41. The summed E-state index contributed by atoms with van der Waals surface area (Å²) in [5.74, 6) is 0.630. The van der Waals surface area contributed by atoms with Crippen LogP contribution >= 0.6 is 0 Å². The third-order valence-corrected chi connectivity index (χ3v) is 1.64. The molecule has 12 heavy (non-hydrogen) atoms. The van der Waals surface area contributed by atoms with E-state index < -0.39 is 6.67 Å². The van der Waals surface area contributed by atoms with E-state index in [-0.39, 0.29) is 12.5 Å². The molecule has 1 heterocycles. The first-order chi connectivity index (χ1) is 5.66. The molecule has 0 radical (unpaired) electrons. The van der Waals surface area contributed by atoms with Gasteiger partial charge in [-0.3, -0.25) is 0 Å². The Labute approximate surface area is 70.6 Å². The van der Waals surface area contributed by atoms with Gasteiger partial charge in [0.2, 0.25) is 0 Å². The van der Waals surface area contributed by atoms with E-state index in [1.165, 1.54) is 4.68 Å². The number of rotatable bonds is 3. The Morgan fingerprint density at radius 1 is 1.58 bits per heavy atom. The second-order valence-corrected chi connectivity index (χ2v) is 2.93. The summed E-state index contributed by atoms with van der Waals surface area (Å²) in [7, 11) is 0. The molecule has 0 aliphatic carbocycles. The van der Waals surface area contributed by atoms with Gasteiger partial charge < -0.3 is 5.73 Å². The average Bonchev–Trinajstić information content (AvgIpc) is 2.32. The Morgan fingerprint density at radius 3 is 2.75 bits per heavy atom. The van der Waals surface area contributed by atoms with E-state index in [0.717, 1.165) is 5.69 Å². The molecule has 0 aliphatic heterocycles.